The van der Waals surface area contributed by atoms with Gasteiger partial charge in [0.25, 0.3) is 5.91 Å². The maximum atomic E-state index is 12.8. The molecule has 3 aromatic heterocycles. The average Bonchev–Trinajstić information content (AvgIpc) is 3.48. The van der Waals surface area contributed by atoms with Crippen molar-refractivity contribution >= 4 is 5.91 Å². The summed E-state index contributed by atoms with van der Waals surface area (Å²) < 4.78 is 8.86. The molecule has 1 aliphatic rings. The summed E-state index contributed by atoms with van der Waals surface area (Å²) in [4.78, 5) is 14.6. The van der Waals surface area contributed by atoms with Gasteiger partial charge in [0, 0.05) is 37.0 Å². The number of nitrogens with zero attached hydrogens (tertiary/aromatic N) is 6. The molecule has 5 rings (SSSR count). The molecule has 8 nitrogen and oxygen atoms in total. The summed E-state index contributed by atoms with van der Waals surface area (Å²) in [6.07, 6.45) is 5.42. The number of hydrogen-bond acceptors (Lipinski definition) is 5. The van der Waals surface area contributed by atoms with Crippen LogP contribution in [0.5, 0.6) is 0 Å². The van der Waals surface area contributed by atoms with E-state index in [1.54, 1.807) is 12.4 Å². The van der Waals surface area contributed by atoms with Gasteiger partial charge in [0.05, 0.1) is 18.4 Å². The van der Waals surface area contributed by atoms with Gasteiger partial charge in [-0.3, -0.25) is 14.0 Å². The molecule has 28 heavy (non-hydrogen) atoms. The summed E-state index contributed by atoms with van der Waals surface area (Å²) in [6, 6.07) is 11.6. The van der Waals surface area contributed by atoms with Gasteiger partial charge in [-0.2, -0.15) is 5.10 Å². The molecule has 0 radical (unpaired) electrons. The Bertz CT molecular complexity index is 1130. The van der Waals surface area contributed by atoms with Crippen molar-refractivity contribution in [2.24, 2.45) is 7.05 Å². The molecule has 0 N–H and O–H groups in total. The van der Waals surface area contributed by atoms with Gasteiger partial charge in [-0.15, -0.1) is 10.2 Å². The molecule has 1 aromatic carbocycles. The summed E-state index contributed by atoms with van der Waals surface area (Å²) in [6.45, 7) is 1.12. The first-order valence-corrected chi connectivity index (χ1v) is 9.04. The van der Waals surface area contributed by atoms with Crippen LogP contribution in [-0.2, 0) is 20.0 Å². The van der Waals surface area contributed by atoms with Crippen molar-refractivity contribution in [3.05, 3.63) is 72.1 Å². The van der Waals surface area contributed by atoms with E-state index in [4.69, 9.17) is 9.52 Å². The van der Waals surface area contributed by atoms with Crippen LogP contribution in [0.15, 0.2) is 59.7 Å². The van der Waals surface area contributed by atoms with Crippen LogP contribution in [0.1, 0.15) is 21.6 Å². The van der Waals surface area contributed by atoms with Crippen LogP contribution in [0.4, 0.5) is 0 Å². The van der Waals surface area contributed by atoms with Crippen LogP contribution >= 0.6 is 0 Å². The number of aryl methyl sites for hydroxylation is 1. The van der Waals surface area contributed by atoms with Gasteiger partial charge >= 0.3 is 0 Å². The Kier molecular flexibility index (Phi) is 3.82. The van der Waals surface area contributed by atoms with E-state index in [9.17, 15) is 4.79 Å². The minimum Gasteiger partial charge on any atom is -0.472 e. The Morgan fingerprint density at radius 3 is 2.82 bits per heavy atom. The average molecular weight is 374 g/mol. The van der Waals surface area contributed by atoms with Crippen LogP contribution < -0.4 is 0 Å². The zero-order valence-electron chi connectivity index (χ0n) is 15.3. The third kappa shape index (κ3) is 2.61. The predicted molar refractivity (Wildman–Crippen MR) is 101 cm³/mol. The molecule has 1 aliphatic heterocycles. The SMILES string of the molecule is Cn1nc(-c2nncn2-c2ccccc2)c2c1CCN(C(=O)c1ccoc1)C2. The molecule has 0 saturated carbocycles. The Morgan fingerprint density at radius 1 is 1.18 bits per heavy atom. The summed E-state index contributed by atoms with van der Waals surface area (Å²) in [5, 5.41) is 13.1. The van der Waals surface area contributed by atoms with Crippen molar-refractivity contribution in [2.75, 3.05) is 6.54 Å². The Labute approximate surface area is 161 Å². The van der Waals surface area contributed by atoms with Crippen LogP contribution in [0.25, 0.3) is 17.2 Å². The third-order valence-corrected chi connectivity index (χ3v) is 5.09. The molecule has 4 heterocycles. The van der Waals surface area contributed by atoms with E-state index in [-0.39, 0.29) is 5.91 Å². The van der Waals surface area contributed by atoms with E-state index in [1.165, 1.54) is 12.5 Å². The van der Waals surface area contributed by atoms with Gasteiger partial charge in [0.1, 0.15) is 18.3 Å². The molecule has 0 aliphatic carbocycles. The van der Waals surface area contributed by atoms with E-state index in [2.05, 4.69) is 10.2 Å². The summed E-state index contributed by atoms with van der Waals surface area (Å²) >= 11 is 0. The second-order valence-electron chi connectivity index (χ2n) is 6.75. The molecule has 4 aromatic rings. The Morgan fingerprint density at radius 2 is 2.04 bits per heavy atom. The molecule has 8 heteroatoms. The second kappa shape index (κ2) is 6.49. The number of fused-ring (bicyclic) bond motifs is 1. The Balaban J connectivity index is 1.55. The van der Waals surface area contributed by atoms with Gasteiger partial charge in [-0.05, 0) is 18.2 Å². The molecule has 140 valence electrons. The maximum Gasteiger partial charge on any atom is 0.257 e. The van der Waals surface area contributed by atoms with Gasteiger partial charge in [0.2, 0.25) is 0 Å². The fourth-order valence-corrected chi connectivity index (χ4v) is 3.69. The van der Waals surface area contributed by atoms with Crippen LogP contribution in [0.3, 0.4) is 0 Å². The normalized spacial score (nSPS) is 13.5. The van der Waals surface area contributed by atoms with Gasteiger partial charge in [-0.1, -0.05) is 18.2 Å². The summed E-state index contributed by atoms with van der Waals surface area (Å²) in [5.41, 5.74) is 4.40. The highest BCUT2D eigenvalue weighted by molar-refractivity contribution is 5.94. The zero-order valence-corrected chi connectivity index (χ0v) is 15.3. The smallest absolute Gasteiger partial charge is 0.257 e. The van der Waals surface area contributed by atoms with Gasteiger partial charge < -0.3 is 9.32 Å². The first-order chi connectivity index (χ1) is 13.7. The quantitative estimate of drug-likeness (QED) is 0.550. The lowest BCUT2D eigenvalue weighted by Crippen LogP contribution is -2.36. The molecular formula is C20H18N6O2. The fourth-order valence-electron chi connectivity index (χ4n) is 3.69. The monoisotopic (exact) mass is 374 g/mol. The van der Waals surface area contributed by atoms with E-state index in [0.29, 0.717) is 24.5 Å². The second-order valence-corrected chi connectivity index (χ2v) is 6.75. The number of para-hydroxylation sites is 1. The first kappa shape index (κ1) is 16.5. The lowest BCUT2D eigenvalue weighted by atomic mass is 10.0. The molecule has 1 amide bonds. The summed E-state index contributed by atoms with van der Waals surface area (Å²) in [7, 11) is 1.93. The van der Waals surface area contributed by atoms with E-state index in [1.807, 2.05) is 51.5 Å². The van der Waals surface area contributed by atoms with Crippen molar-refractivity contribution < 1.29 is 9.21 Å². The van der Waals surface area contributed by atoms with Gasteiger partial charge in [-0.25, -0.2) is 0 Å². The highest BCUT2D eigenvalue weighted by atomic mass is 16.3. The van der Waals surface area contributed by atoms with Crippen molar-refractivity contribution in [3.63, 3.8) is 0 Å². The number of carbonyl (C=O) groups excluding carboxylic acids is 1. The van der Waals surface area contributed by atoms with Crippen molar-refractivity contribution in [1.82, 2.24) is 29.4 Å². The number of aromatic nitrogens is 5. The number of carbonyl (C=O) groups is 1. The van der Waals surface area contributed by atoms with E-state index < -0.39 is 0 Å². The van der Waals surface area contributed by atoms with Gasteiger partial charge in [0.15, 0.2) is 5.82 Å². The van der Waals surface area contributed by atoms with Crippen molar-refractivity contribution in [2.45, 2.75) is 13.0 Å². The minimum atomic E-state index is -0.0428. The third-order valence-electron chi connectivity index (χ3n) is 5.09. The zero-order chi connectivity index (χ0) is 19.1. The largest absolute Gasteiger partial charge is 0.472 e. The maximum absolute atomic E-state index is 12.8. The number of amides is 1. The molecule has 0 spiro atoms. The van der Waals surface area contributed by atoms with Crippen LogP contribution in [-0.4, -0.2) is 41.9 Å². The molecule has 0 fully saturated rings. The summed E-state index contributed by atoms with van der Waals surface area (Å²) in [5.74, 6) is 0.624. The molecule has 0 atom stereocenters. The molecular weight excluding hydrogens is 356 g/mol. The predicted octanol–water partition coefficient (Wildman–Crippen LogP) is 2.46. The number of furan rings is 1. The van der Waals surface area contributed by atoms with E-state index >= 15 is 0 Å². The minimum absolute atomic E-state index is 0.0428. The molecule has 0 bridgehead atoms. The van der Waals surface area contributed by atoms with E-state index in [0.717, 1.165) is 29.1 Å². The van der Waals surface area contributed by atoms with Crippen LogP contribution in [0.2, 0.25) is 0 Å². The number of hydrogen-bond donors (Lipinski definition) is 0. The van der Waals surface area contributed by atoms with Crippen molar-refractivity contribution in [1.29, 1.82) is 0 Å². The fraction of sp³-hybridized carbons (Fsp3) is 0.200. The standard InChI is InChI=1S/C20H18N6O2/c1-24-17-7-9-25(20(27)14-8-10-28-12-14)11-16(17)18(23-24)19-22-21-13-26(19)15-5-3-2-4-6-15/h2-6,8,10,12-13H,7,9,11H2,1H3. The highest BCUT2D eigenvalue weighted by Crippen LogP contribution is 2.30. The topological polar surface area (TPSA) is 82.0 Å². The van der Waals surface area contributed by atoms with Crippen LogP contribution in [0, 0.1) is 0 Å². The lowest BCUT2D eigenvalue weighted by Gasteiger charge is -2.27. The number of rotatable bonds is 3. The highest BCUT2D eigenvalue weighted by Gasteiger charge is 2.29. The van der Waals surface area contributed by atoms with Crippen molar-refractivity contribution in [3.8, 4) is 17.2 Å². The molecule has 0 unspecified atom stereocenters. The number of benzene rings is 1. The Hall–Kier alpha value is -3.68. The lowest BCUT2D eigenvalue weighted by molar-refractivity contribution is 0.0733. The first-order valence-electron chi connectivity index (χ1n) is 9.04. The molecule has 0 saturated heterocycles.